The van der Waals surface area contributed by atoms with Crippen molar-refractivity contribution in [3.05, 3.63) is 42.5 Å². The Balaban J connectivity index is 1.95. The SMILES string of the molecule is CC1COc2ccc(-c3ccc(N)cc3)cc2OC1. The summed E-state index contributed by atoms with van der Waals surface area (Å²) in [6.45, 7) is 3.51. The van der Waals surface area contributed by atoms with Gasteiger partial charge in [-0.3, -0.25) is 0 Å². The molecule has 1 heterocycles. The van der Waals surface area contributed by atoms with Crippen molar-refractivity contribution in [2.75, 3.05) is 18.9 Å². The quantitative estimate of drug-likeness (QED) is 0.795. The highest BCUT2D eigenvalue weighted by atomic mass is 16.5. The first-order chi connectivity index (χ1) is 9.22. The number of rotatable bonds is 1. The fraction of sp³-hybridized carbons (Fsp3) is 0.250. The number of nitrogen functional groups attached to an aromatic ring is 1. The van der Waals surface area contributed by atoms with Gasteiger partial charge in [-0.15, -0.1) is 0 Å². The third-order valence-electron chi connectivity index (χ3n) is 3.23. The lowest BCUT2D eigenvalue weighted by Crippen LogP contribution is -2.12. The molecule has 0 saturated carbocycles. The lowest BCUT2D eigenvalue weighted by Gasteiger charge is -2.09. The number of hydrogen-bond acceptors (Lipinski definition) is 3. The van der Waals surface area contributed by atoms with E-state index < -0.39 is 0 Å². The molecule has 0 spiro atoms. The molecular weight excluding hydrogens is 238 g/mol. The van der Waals surface area contributed by atoms with Crippen LogP contribution < -0.4 is 15.2 Å². The molecule has 0 aliphatic carbocycles. The van der Waals surface area contributed by atoms with Gasteiger partial charge in [0.05, 0.1) is 13.2 Å². The minimum atomic E-state index is 0.410. The molecule has 0 saturated heterocycles. The normalized spacial score (nSPS) is 17.8. The second kappa shape index (κ2) is 4.84. The van der Waals surface area contributed by atoms with Crippen molar-refractivity contribution in [3.8, 4) is 22.6 Å². The maximum atomic E-state index is 5.80. The summed E-state index contributed by atoms with van der Waals surface area (Å²) in [5.41, 5.74) is 8.71. The molecule has 1 aliphatic heterocycles. The highest BCUT2D eigenvalue weighted by Gasteiger charge is 2.15. The summed E-state index contributed by atoms with van der Waals surface area (Å²) in [6.07, 6.45) is 0. The Morgan fingerprint density at radius 1 is 0.895 bits per heavy atom. The first-order valence-corrected chi connectivity index (χ1v) is 6.48. The molecule has 19 heavy (non-hydrogen) atoms. The predicted octanol–water partition coefficient (Wildman–Crippen LogP) is 3.34. The predicted molar refractivity (Wildman–Crippen MR) is 76.4 cm³/mol. The highest BCUT2D eigenvalue weighted by Crippen LogP contribution is 2.34. The fourth-order valence-corrected chi connectivity index (χ4v) is 2.11. The molecular formula is C16H17NO2. The summed E-state index contributed by atoms with van der Waals surface area (Å²) in [5.74, 6) is 2.05. The Kier molecular flexibility index (Phi) is 3.03. The maximum absolute atomic E-state index is 5.80. The standard InChI is InChI=1S/C16H17NO2/c1-11-9-18-15-7-4-13(8-16(15)19-10-11)12-2-5-14(17)6-3-12/h2-8,11H,9-10,17H2,1H3. The molecule has 2 N–H and O–H groups in total. The van der Waals surface area contributed by atoms with E-state index in [1.807, 2.05) is 42.5 Å². The molecule has 1 atom stereocenters. The molecule has 0 bridgehead atoms. The minimum Gasteiger partial charge on any atom is -0.489 e. The largest absolute Gasteiger partial charge is 0.489 e. The zero-order chi connectivity index (χ0) is 13.2. The van der Waals surface area contributed by atoms with Crippen molar-refractivity contribution in [2.45, 2.75) is 6.92 Å². The molecule has 0 aromatic heterocycles. The van der Waals surface area contributed by atoms with E-state index in [0.717, 1.165) is 28.3 Å². The van der Waals surface area contributed by atoms with E-state index in [4.69, 9.17) is 15.2 Å². The minimum absolute atomic E-state index is 0.410. The average molecular weight is 255 g/mol. The van der Waals surface area contributed by atoms with Crippen molar-refractivity contribution in [3.63, 3.8) is 0 Å². The van der Waals surface area contributed by atoms with Crippen LogP contribution in [0.2, 0.25) is 0 Å². The third-order valence-corrected chi connectivity index (χ3v) is 3.23. The molecule has 0 amide bonds. The van der Waals surface area contributed by atoms with Crippen molar-refractivity contribution in [1.29, 1.82) is 0 Å². The van der Waals surface area contributed by atoms with Gasteiger partial charge < -0.3 is 15.2 Å². The van der Waals surface area contributed by atoms with Gasteiger partial charge in [-0.1, -0.05) is 25.1 Å². The smallest absolute Gasteiger partial charge is 0.161 e. The molecule has 98 valence electrons. The number of anilines is 1. The molecule has 3 nitrogen and oxygen atoms in total. The van der Waals surface area contributed by atoms with Gasteiger partial charge in [-0.25, -0.2) is 0 Å². The summed E-state index contributed by atoms with van der Waals surface area (Å²) in [4.78, 5) is 0. The lowest BCUT2D eigenvalue weighted by atomic mass is 10.0. The Hall–Kier alpha value is -2.16. The first kappa shape index (κ1) is 11.9. The van der Waals surface area contributed by atoms with Crippen LogP contribution in [0.4, 0.5) is 5.69 Å². The second-order valence-corrected chi connectivity index (χ2v) is 5.01. The highest BCUT2D eigenvalue weighted by molar-refractivity contribution is 5.68. The van der Waals surface area contributed by atoms with E-state index >= 15 is 0 Å². The van der Waals surface area contributed by atoms with Gasteiger partial charge in [0.1, 0.15) is 0 Å². The zero-order valence-electron chi connectivity index (χ0n) is 10.9. The molecule has 2 aromatic rings. The number of fused-ring (bicyclic) bond motifs is 1. The second-order valence-electron chi connectivity index (χ2n) is 5.01. The Morgan fingerprint density at radius 2 is 1.53 bits per heavy atom. The van der Waals surface area contributed by atoms with Crippen molar-refractivity contribution < 1.29 is 9.47 Å². The van der Waals surface area contributed by atoms with Crippen LogP contribution in [0.3, 0.4) is 0 Å². The van der Waals surface area contributed by atoms with Crippen LogP contribution in [-0.2, 0) is 0 Å². The van der Waals surface area contributed by atoms with Crippen LogP contribution in [0, 0.1) is 5.92 Å². The van der Waals surface area contributed by atoms with Crippen LogP contribution in [0.1, 0.15) is 6.92 Å². The van der Waals surface area contributed by atoms with E-state index in [0.29, 0.717) is 19.1 Å². The van der Waals surface area contributed by atoms with Gasteiger partial charge in [0.25, 0.3) is 0 Å². The Labute approximate surface area is 113 Å². The number of benzene rings is 2. The molecule has 2 aromatic carbocycles. The number of nitrogens with two attached hydrogens (primary N) is 1. The zero-order valence-corrected chi connectivity index (χ0v) is 10.9. The first-order valence-electron chi connectivity index (χ1n) is 6.48. The number of hydrogen-bond donors (Lipinski definition) is 1. The summed E-state index contributed by atoms with van der Waals surface area (Å²) < 4.78 is 11.5. The van der Waals surface area contributed by atoms with Gasteiger partial charge >= 0.3 is 0 Å². The van der Waals surface area contributed by atoms with Gasteiger partial charge in [-0.2, -0.15) is 0 Å². The molecule has 1 unspecified atom stereocenters. The summed E-state index contributed by atoms with van der Waals surface area (Å²) in [5, 5.41) is 0. The van der Waals surface area contributed by atoms with Crippen molar-refractivity contribution in [1.82, 2.24) is 0 Å². The van der Waals surface area contributed by atoms with Crippen LogP contribution in [-0.4, -0.2) is 13.2 Å². The fourth-order valence-electron chi connectivity index (χ4n) is 2.11. The third kappa shape index (κ3) is 2.50. The maximum Gasteiger partial charge on any atom is 0.161 e. The molecule has 0 radical (unpaired) electrons. The van der Waals surface area contributed by atoms with E-state index in [2.05, 4.69) is 6.92 Å². The van der Waals surface area contributed by atoms with Gasteiger partial charge in [0.15, 0.2) is 11.5 Å². The van der Waals surface area contributed by atoms with Gasteiger partial charge in [-0.05, 0) is 35.4 Å². The monoisotopic (exact) mass is 255 g/mol. The topological polar surface area (TPSA) is 44.5 Å². The average Bonchev–Trinajstić information content (AvgIpc) is 2.62. The van der Waals surface area contributed by atoms with E-state index in [1.54, 1.807) is 0 Å². The number of ether oxygens (including phenoxy) is 2. The molecule has 1 aliphatic rings. The van der Waals surface area contributed by atoms with Crippen LogP contribution >= 0.6 is 0 Å². The Bertz CT molecular complexity index is 578. The van der Waals surface area contributed by atoms with Crippen LogP contribution in [0.15, 0.2) is 42.5 Å². The van der Waals surface area contributed by atoms with Gasteiger partial charge in [0, 0.05) is 11.6 Å². The van der Waals surface area contributed by atoms with E-state index in [-0.39, 0.29) is 0 Å². The van der Waals surface area contributed by atoms with E-state index in [1.165, 1.54) is 0 Å². The van der Waals surface area contributed by atoms with Crippen LogP contribution in [0.5, 0.6) is 11.5 Å². The molecule has 0 fully saturated rings. The molecule has 3 rings (SSSR count). The summed E-state index contributed by atoms with van der Waals surface area (Å²) in [6, 6.07) is 13.9. The Morgan fingerprint density at radius 3 is 2.26 bits per heavy atom. The lowest BCUT2D eigenvalue weighted by molar-refractivity contribution is 0.228. The van der Waals surface area contributed by atoms with Crippen LogP contribution in [0.25, 0.3) is 11.1 Å². The van der Waals surface area contributed by atoms with Crippen molar-refractivity contribution in [2.24, 2.45) is 5.92 Å². The van der Waals surface area contributed by atoms with Gasteiger partial charge in [0.2, 0.25) is 0 Å². The molecule has 3 heteroatoms. The summed E-state index contributed by atoms with van der Waals surface area (Å²) in [7, 11) is 0. The summed E-state index contributed by atoms with van der Waals surface area (Å²) >= 11 is 0. The van der Waals surface area contributed by atoms with E-state index in [9.17, 15) is 0 Å². The van der Waals surface area contributed by atoms with Crippen molar-refractivity contribution >= 4 is 5.69 Å².